The SMILES string of the molecule is CCc1ccc(C)[n+](CC)c1.[I-]. The lowest BCUT2D eigenvalue weighted by atomic mass is 10.2. The second-order valence-electron chi connectivity index (χ2n) is 2.82. The van der Waals surface area contributed by atoms with Crippen LogP contribution in [0.5, 0.6) is 0 Å². The molecule has 1 heterocycles. The zero-order chi connectivity index (χ0) is 8.27. The fourth-order valence-electron chi connectivity index (χ4n) is 1.22. The van der Waals surface area contributed by atoms with Gasteiger partial charge in [0, 0.05) is 18.6 Å². The summed E-state index contributed by atoms with van der Waals surface area (Å²) in [6.45, 7) is 7.57. The minimum absolute atomic E-state index is 0. The first kappa shape index (κ1) is 11.9. The third-order valence-corrected chi connectivity index (χ3v) is 2.06. The molecule has 0 aliphatic heterocycles. The van der Waals surface area contributed by atoms with E-state index in [0.717, 1.165) is 13.0 Å². The molecule has 0 aromatic carbocycles. The number of hydrogen-bond donors (Lipinski definition) is 0. The van der Waals surface area contributed by atoms with E-state index in [0.29, 0.717) is 0 Å². The monoisotopic (exact) mass is 277 g/mol. The van der Waals surface area contributed by atoms with Crippen molar-refractivity contribution < 1.29 is 28.5 Å². The van der Waals surface area contributed by atoms with Gasteiger partial charge in [-0.3, -0.25) is 0 Å². The van der Waals surface area contributed by atoms with Crippen LogP contribution in [0.4, 0.5) is 0 Å². The van der Waals surface area contributed by atoms with E-state index in [1.807, 2.05) is 0 Å². The molecule has 1 aromatic rings. The minimum atomic E-state index is 0. The Bertz CT molecular complexity index is 246. The maximum Gasteiger partial charge on any atom is 0.178 e. The van der Waals surface area contributed by atoms with E-state index in [4.69, 9.17) is 0 Å². The van der Waals surface area contributed by atoms with Gasteiger partial charge in [0.2, 0.25) is 0 Å². The van der Waals surface area contributed by atoms with Crippen molar-refractivity contribution in [1.82, 2.24) is 0 Å². The molecule has 12 heavy (non-hydrogen) atoms. The Hall–Kier alpha value is -0.120. The number of pyridine rings is 1. The Kier molecular flexibility index (Phi) is 5.46. The van der Waals surface area contributed by atoms with Gasteiger partial charge in [-0.25, -0.2) is 4.57 Å². The van der Waals surface area contributed by atoms with E-state index in [9.17, 15) is 0 Å². The lowest BCUT2D eigenvalue weighted by molar-refractivity contribution is -0.699. The maximum atomic E-state index is 2.28. The predicted octanol–water partition coefficient (Wildman–Crippen LogP) is -1.13. The lowest BCUT2D eigenvalue weighted by Gasteiger charge is -1.98. The smallest absolute Gasteiger partial charge is 0.178 e. The molecule has 0 fully saturated rings. The molecule has 0 bridgehead atoms. The Morgan fingerprint density at radius 1 is 1.25 bits per heavy atom. The van der Waals surface area contributed by atoms with Crippen molar-refractivity contribution >= 4 is 0 Å². The Balaban J connectivity index is 0.00000121. The van der Waals surface area contributed by atoms with Crippen molar-refractivity contribution in [3.63, 3.8) is 0 Å². The zero-order valence-corrected chi connectivity index (χ0v) is 10.1. The topological polar surface area (TPSA) is 3.88 Å². The van der Waals surface area contributed by atoms with Gasteiger partial charge in [-0.15, -0.1) is 0 Å². The van der Waals surface area contributed by atoms with Crippen LogP contribution in [0.15, 0.2) is 18.3 Å². The largest absolute Gasteiger partial charge is 1.00 e. The summed E-state index contributed by atoms with van der Waals surface area (Å²) >= 11 is 0. The standard InChI is InChI=1S/C10H16N.HI/c1-4-10-7-6-9(3)11(5-2)8-10;/h6-8H,4-5H2,1-3H3;1H/q+1;/p-1. The molecule has 1 aromatic heterocycles. The van der Waals surface area contributed by atoms with Gasteiger partial charge in [0.15, 0.2) is 11.9 Å². The molecule has 0 unspecified atom stereocenters. The maximum absolute atomic E-state index is 2.28. The van der Waals surface area contributed by atoms with Gasteiger partial charge in [0.05, 0.1) is 0 Å². The van der Waals surface area contributed by atoms with Gasteiger partial charge in [-0.05, 0) is 19.4 Å². The molecule has 0 amide bonds. The van der Waals surface area contributed by atoms with E-state index in [1.54, 1.807) is 0 Å². The van der Waals surface area contributed by atoms with Gasteiger partial charge < -0.3 is 24.0 Å². The van der Waals surface area contributed by atoms with Gasteiger partial charge in [-0.1, -0.05) is 6.92 Å². The van der Waals surface area contributed by atoms with Crippen LogP contribution in [0, 0.1) is 6.92 Å². The van der Waals surface area contributed by atoms with Gasteiger partial charge in [-0.2, -0.15) is 0 Å². The van der Waals surface area contributed by atoms with Crippen molar-refractivity contribution in [2.75, 3.05) is 0 Å². The average Bonchev–Trinajstić information content (AvgIpc) is 2.05. The third-order valence-electron chi connectivity index (χ3n) is 2.06. The van der Waals surface area contributed by atoms with Crippen LogP contribution < -0.4 is 28.5 Å². The molecular weight excluding hydrogens is 261 g/mol. The van der Waals surface area contributed by atoms with E-state index in [-0.39, 0.29) is 24.0 Å². The molecule has 0 radical (unpaired) electrons. The van der Waals surface area contributed by atoms with Crippen LogP contribution in [0.25, 0.3) is 0 Å². The number of hydrogen-bond acceptors (Lipinski definition) is 0. The van der Waals surface area contributed by atoms with E-state index < -0.39 is 0 Å². The number of rotatable bonds is 2. The first-order chi connectivity index (χ1) is 5.27. The normalized spacial score (nSPS) is 9.25. The Morgan fingerprint density at radius 2 is 1.92 bits per heavy atom. The number of halogens is 1. The molecule has 0 saturated heterocycles. The van der Waals surface area contributed by atoms with Crippen molar-refractivity contribution in [2.24, 2.45) is 0 Å². The Labute approximate surface area is 91.8 Å². The molecule has 2 heteroatoms. The molecule has 0 aliphatic carbocycles. The fourth-order valence-corrected chi connectivity index (χ4v) is 1.22. The van der Waals surface area contributed by atoms with Crippen molar-refractivity contribution in [1.29, 1.82) is 0 Å². The number of aryl methyl sites for hydroxylation is 3. The highest BCUT2D eigenvalue weighted by Crippen LogP contribution is 1.97. The van der Waals surface area contributed by atoms with Crippen molar-refractivity contribution in [3.05, 3.63) is 29.6 Å². The quantitative estimate of drug-likeness (QED) is 0.476. The summed E-state index contributed by atoms with van der Waals surface area (Å²) < 4.78 is 2.28. The average molecular weight is 277 g/mol. The fraction of sp³-hybridized carbons (Fsp3) is 0.500. The summed E-state index contributed by atoms with van der Waals surface area (Å²) in [4.78, 5) is 0. The molecular formula is C10H16IN. The first-order valence-corrected chi connectivity index (χ1v) is 4.27. The molecule has 0 atom stereocenters. The molecule has 1 nitrogen and oxygen atoms in total. The highest BCUT2D eigenvalue weighted by Gasteiger charge is 2.02. The minimum Gasteiger partial charge on any atom is -1.00 e. The van der Waals surface area contributed by atoms with Crippen molar-refractivity contribution in [3.8, 4) is 0 Å². The highest BCUT2D eigenvalue weighted by atomic mass is 127. The first-order valence-electron chi connectivity index (χ1n) is 4.27. The van der Waals surface area contributed by atoms with Crippen LogP contribution in [0.1, 0.15) is 25.1 Å². The molecule has 0 N–H and O–H groups in total. The molecule has 68 valence electrons. The van der Waals surface area contributed by atoms with Gasteiger partial charge >= 0.3 is 0 Å². The second kappa shape index (κ2) is 5.51. The summed E-state index contributed by atoms with van der Waals surface area (Å²) in [6, 6.07) is 4.38. The molecule has 0 spiro atoms. The third kappa shape index (κ3) is 2.73. The van der Waals surface area contributed by atoms with Crippen LogP contribution in [-0.2, 0) is 13.0 Å². The summed E-state index contributed by atoms with van der Waals surface area (Å²) in [5.74, 6) is 0. The van der Waals surface area contributed by atoms with E-state index >= 15 is 0 Å². The van der Waals surface area contributed by atoms with E-state index in [1.165, 1.54) is 11.3 Å². The van der Waals surface area contributed by atoms with Crippen LogP contribution in [-0.4, -0.2) is 0 Å². The number of nitrogens with zero attached hydrogens (tertiary/aromatic N) is 1. The van der Waals surface area contributed by atoms with Crippen LogP contribution in [0.2, 0.25) is 0 Å². The zero-order valence-electron chi connectivity index (χ0n) is 7.97. The van der Waals surface area contributed by atoms with E-state index in [2.05, 4.69) is 43.7 Å². The highest BCUT2D eigenvalue weighted by molar-refractivity contribution is 5.08. The van der Waals surface area contributed by atoms with Gasteiger partial charge in [0.1, 0.15) is 6.54 Å². The van der Waals surface area contributed by atoms with Crippen LogP contribution >= 0.6 is 0 Å². The summed E-state index contributed by atoms with van der Waals surface area (Å²) in [6.07, 6.45) is 3.36. The predicted molar refractivity (Wildman–Crippen MR) is 46.4 cm³/mol. The molecule has 1 rings (SSSR count). The molecule has 0 saturated carbocycles. The van der Waals surface area contributed by atoms with Crippen LogP contribution in [0.3, 0.4) is 0 Å². The lowest BCUT2D eigenvalue weighted by Crippen LogP contribution is -3.00. The summed E-state index contributed by atoms with van der Waals surface area (Å²) in [7, 11) is 0. The second-order valence-corrected chi connectivity index (χ2v) is 2.82. The Morgan fingerprint density at radius 3 is 2.42 bits per heavy atom. The van der Waals surface area contributed by atoms with Crippen molar-refractivity contribution in [2.45, 2.75) is 33.7 Å². The van der Waals surface area contributed by atoms with Gasteiger partial charge in [0.25, 0.3) is 0 Å². The summed E-state index contributed by atoms with van der Waals surface area (Å²) in [5, 5.41) is 0. The summed E-state index contributed by atoms with van der Waals surface area (Å²) in [5.41, 5.74) is 2.75. The number of aromatic nitrogens is 1. The molecule has 0 aliphatic rings.